The minimum Gasteiger partial charge on any atom is -0.493 e. The van der Waals surface area contributed by atoms with Crippen LogP contribution in [-0.4, -0.2) is 22.2 Å². The zero-order valence-electron chi connectivity index (χ0n) is 14.3. The summed E-state index contributed by atoms with van der Waals surface area (Å²) in [4.78, 5) is 12.0. The molecule has 2 aromatic carbocycles. The Labute approximate surface area is 169 Å². The minimum atomic E-state index is -0.666. The van der Waals surface area contributed by atoms with Gasteiger partial charge in [-0.3, -0.25) is 4.79 Å². The number of amides is 1. The second-order valence-corrected chi connectivity index (χ2v) is 7.03. The third-order valence-corrected chi connectivity index (χ3v) is 4.70. The molecule has 3 aromatic rings. The van der Waals surface area contributed by atoms with E-state index in [1.165, 1.54) is 12.1 Å². The van der Waals surface area contributed by atoms with E-state index in [-0.39, 0.29) is 27.4 Å². The van der Waals surface area contributed by atoms with Crippen LogP contribution in [0, 0.1) is 6.92 Å². The Hall–Kier alpha value is -2.28. The van der Waals surface area contributed by atoms with Gasteiger partial charge in [-0.15, -0.1) is 10.2 Å². The summed E-state index contributed by atoms with van der Waals surface area (Å²) in [6.45, 7) is 1.50. The number of fused-ring (bicyclic) bond motifs is 1. The lowest BCUT2D eigenvalue weighted by atomic mass is 10.1. The summed E-state index contributed by atoms with van der Waals surface area (Å²) in [5, 5.41) is 19.2. The second kappa shape index (κ2) is 7.76. The van der Waals surface area contributed by atoms with Crippen molar-refractivity contribution in [2.24, 2.45) is 17.3 Å². The molecule has 0 spiro atoms. The Bertz CT molecular complexity index is 1050. The monoisotopic (exact) mass is 425 g/mol. The van der Waals surface area contributed by atoms with Gasteiger partial charge >= 0.3 is 5.91 Å². The smallest absolute Gasteiger partial charge is 0.302 e. The highest BCUT2D eigenvalue weighted by Gasteiger charge is 2.16. The van der Waals surface area contributed by atoms with Crippen LogP contribution in [0.4, 0.5) is 5.69 Å². The standard InChI is InChI=1S/C18H14Cl3N3O3/c1-9-4-3-5-11-15(18(26)24(2)16(9)11)23-22-14(25)8-27-17-12(20)6-10(19)7-13(17)21/h3-7,26H,8H2,1-2H3. The van der Waals surface area contributed by atoms with E-state index in [4.69, 9.17) is 39.5 Å². The van der Waals surface area contributed by atoms with Gasteiger partial charge < -0.3 is 14.4 Å². The van der Waals surface area contributed by atoms with Gasteiger partial charge in [0.2, 0.25) is 5.88 Å². The summed E-state index contributed by atoms with van der Waals surface area (Å²) in [7, 11) is 1.71. The average Bonchev–Trinajstić information content (AvgIpc) is 2.84. The maximum absolute atomic E-state index is 12.0. The average molecular weight is 427 g/mol. The minimum absolute atomic E-state index is 0.0828. The first-order valence-corrected chi connectivity index (χ1v) is 8.92. The fraction of sp³-hybridized carbons (Fsp3) is 0.167. The molecule has 140 valence electrons. The number of nitrogens with zero attached hydrogens (tertiary/aromatic N) is 3. The number of rotatable bonds is 4. The molecule has 0 atom stereocenters. The molecule has 1 heterocycles. The van der Waals surface area contributed by atoms with Crippen LogP contribution in [0.2, 0.25) is 15.1 Å². The number of aromatic nitrogens is 1. The molecule has 3 rings (SSSR count). The lowest BCUT2D eigenvalue weighted by Crippen LogP contribution is -2.08. The predicted octanol–water partition coefficient (Wildman–Crippen LogP) is 5.84. The fourth-order valence-corrected chi connectivity index (χ4v) is 3.64. The molecule has 0 fully saturated rings. The van der Waals surface area contributed by atoms with E-state index in [0.717, 1.165) is 11.1 Å². The lowest BCUT2D eigenvalue weighted by Gasteiger charge is -2.08. The Kier molecular flexibility index (Phi) is 5.60. The van der Waals surface area contributed by atoms with E-state index in [1.807, 2.05) is 19.1 Å². The van der Waals surface area contributed by atoms with Crippen molar-refractivity contribution in [3.05, 3.63) is 51.0 Å². The van der Waals surface area contributed by atoms with Crippen LogP contribution in [0.3, 0.4) is 0 Å². The topological polar surface area (TPSA) is 76.2 Å². The molecule has 0 aliphatic heterocycles. The number of para-hydroxylation sites is 1. The third kappa shape index (κ3) is 3.88. The number of carbonyl (C=O) groups excluding carboxylic acids is 1. The van der Waals surface area contributed by atoms with Crippen molar-refractivity contribution >= 4 is 57.3 Å². The maximum atomic E-state index is 12.0. The van der Waals surface area contributed by atoms with Crippen molar-refractivity contribution in [2.75, 3.05) is 6.61 Å². The molecule has 0 unspecified atom stereocenters. The molecule has 6 nitrogen and oxygen atoms in total. The third-order valence-electron chi connectivity index (χ3n) is 3.92. The number of benzene rings is 2. The first-order chi connectivity index (χ1) is 12.8. The van der Waals surface area contributed by atoms with Gasteiger partial charge in [0.05, 0.1) is 15.6 Å². The molecule has 27 heavy (non-hydrogen) atoms. The number of carbonyl (C=O) groups is 1. The van der Waals surface area contributed by atoms with Crippen LogP contribution in [0.25, 0.3) is 10.9 Å². The Balaban J connectivity index is 1.80. The molecular weight excluding hydrogens is 413 g/mol. The van der Waals surface area contributed by atoms with Gasteiger partial charge in [-0.25, -0.2) is 0 Å². The van der Waals surface area contributed by atoms with Crippen LogP contribution < -0.4 is 4.74 Å². The highest BCUT2D eigenvalue weighted by atomic mass is 35.5. The molecule has 0 radical (unpaired) electrons. The van der Waals surface area contributed by atoms with E-state index < -0.39 is 12.5 Å². The molecule has 0 bridgehead atoms. The molecule has 1 aromatic heterocycles. The van der Waals surface area contributed by atoms with Gasteiger partial charge in [-0.1, -0.05) is 53.0 Å². The van der Waals surface area contributed by atoms with Crippen molar-refractivity contribution in [2.45, 2.75) is 6.92 Å². The van der Waals surface area contributed by atoms with Gasteiger partial charge in [0, 0.05) is 17.5 Å². The summed E-state index contributed by atoms with van der Waals surface area (Å²) in [5.41, 5.74) is 1.99. The van der Waals surface area contributed by atoms with E-state index in [0.29, 0.717) is 10.4 Å². The van der Waals surface area contributed by atoms with Crippen LogP contribution in [0.15, 0.2) is 40.6 Å². The normalized spacial score (nSPS) is 11.4. The number of ether oxygens (including phenoxy) is 1. The molecule has 0 aliphatic carbocycles. The van der Waals surface area contributed by atoms with Gasteiger partial charge in [-0.05, 0) is 24.6 Å². The van der Waals surface area contributed by atoms with Crippen LogP contribution in [-0.2, 0) is 11.8 Å². The second-order valence-electron chi connectivity index (χ2n) is 5.78. The molecule has 0 aliphatic rings. The quantitative estimate of drug-likeness (QED) is 0.532. The Morgan fingerprint density at radius 2 is 1.89 bits per heavy atom. The number of hydrogen-bond acceptors (Lipinski definition) is 4. The molecule has 0 saturated heterocycles. The van der Waals surface area contributed by atoms with Crippen LogP contribution in [0.5, 0.6) is 11.6 Å². The van der Waals surface area contributed by atoms with E-state index in [1.54, 1.807) is 17.7 Å². The Morgan fingerprint density at radius 1 is 1.22 bits per heavy atom. The molecular formula is C18H14Cl3N3O3. The predicted molar refractivity (Wildman–Crippen MR) is 106 cm³/mol. The lowest BCUT2D eigenvalue weighted by molar-refractivity contribution is -0.120. The zero-order chi connectivity index (χ0) is 19.7. The number of aromatic hydroxyl groups is 1. The van der Waals surface area contributed by atoms with Gasteiger partial charge in [0.1, 0.15) is 0 Å². The zero-order valence-corrected chi connectivity index (χ0v) is 16.6. The van der Waals surface area contributed by atoms with Gasteiger partial charge in [-0.2, -0.15) is 0 Å². The highest BCUT2D eigenvalue weighted by Crippen LogP contribution is 2.39. The van der Waals surface area contributed by atoms with E-state index >= 15 is 0 Å². The van der Waals surface area contributed by atoms with Crippen LogP contribution >= 0.6 is 34.8 Å². The maximum Gasteiger partial charge on any atom is 0.302 e. The summed E-state index contributed by atoms with van der Waals surface area (Å²) < 4.78 is 6.91. The van der Waals surface area contributed by atoms with Crippen molar-refractivity contribution in [1.29, 1.82) is 0 Å². The SMILES string of the molecule is Cc1cccc2c(N=NC(=O)COc3c(Cl)cc(Cl)cc3Cl)c(O)n(C)c12. The summed E-state index contributed by atoms with van der Waals surface area (Å²) in [5.74, 6) is -0.614. The molecule has 1 amide bonds. The number of aryl methyl sites for hydroxylation is 2. The van der Waals surface area contributed by atoms with Crippen molar-refractivity contribution in [3.63, 3.8) is 0 Å². The number of hydrogen-bond donors (Lipinski definition) is 1. The van der Waals surface area contributed by atoms with E-state index in [2.05, 4.69) is 10.2 Å². The van der Waals surface area contributed by atoms with Crippen molar-refractivity contribution in [1.82, 2.24) is 4.57 Å². The fourth-order valence-electron chi connectivity index (χ4n) is 2.71. The molecule has 1 N–H and O–H groups in total. The first-order valence-electron chi connectivity index (χ1n) is 7.78. The summed E-state index contributed by atoms with van der Waals surface area (Å²) in [6, 6.07) is 8.46. The first kappa shape index (κ1) is 19.5. The van der Waals surface area contributed by atoms with E-state index in [9.17, 15) is 9.90 Å². The largest absolute Gasteiger partial charge is 0.493 e. The molecule has 9 heteroatoms. The van der Waals surface area contributed by atoms with Crippen molar-refractivity contribution < 1.29 is 14.6 Å². The summed E-state index contributed by atoms with van der Waals surface area (Å²) in [6.07, 6.45) is 0. The van der Waals surface area contributed by atoms with Gasteiger partial charge in [0.15, 0.2) is 18.0 Å². The van der Waals surface area contributed by atoms with Gasteiger partial charge in [0.25, 0.3) is 0 Å². The summed E-state index contributed by atoms with van der Waals surface area (Å²) >= 11 is 17.8. The van der Waals surface area contributed by atoms with Crippen molar-refractivity contribution in [3.8, 4) is 11.6 Å². The Morgan fingerprint density at radius 3 is 2.56 bits per heavy atom. The van der Waals surface area contributed by atoms with Crippen LogP contribution in [0.1, 0.15) is 5.56 Å². The number of halogens is 3. The number of azo groups is 1. The molecule has 0 saturated carbocycles. The highest BCUT2D eigenvalue weighted by molar-refractivity contribution is 6.40.